The molecule has 2 amide bonds. The zero-order chi connectivity index (χ0) is 28.7. The van der Waals surface area contributed by atoms with E-state index in [4.69, 9.17) is 0 Å². The number of nitrogens with one attached hydrogen (secondary N) is 1. The van der Waals surface area contributed by atoms with Crippen molar-refractivity contribution in [3.05, 3.63) is 95.3 Å². The van der Waals surface area contributed by atoms with E-state index >= 15 is 0 Å². The molecule has 0 fully saturated rings. The molecule has 0 heterocycles. The molecule has 0 unspecified atom stereocenters. The summed E-state index contributed by atoms with van der Waals surface area (Å²) in [6.45, 7) is 8.56. The van der Waals surface area contributed by atoms with Crippen LogP contribution in [0.1, 0.15) is 43.9 Å². The Hall–Kier alpha value is -3.72. The summed E-state index contributed by atoms with van der Waals surface area (Å²) in [6, 6.07) is 17.8. The summed E-state index contributed by atoms with van der Waals surface area (Å²) in [5, 5.41) is 2.89. The standard InChI is InChI=1S/C30H36FN3O4S/c1-6-22(3)32-30(36)24(5)33(19-25-15-17-26(31)18-16-25)29(35)20-34(28-14-10-11-21(2)23(28)4)39(37,38)27-12-8-7-9-13-27/h7-18,22,24H,6,19-20H2,1-5H3,(H,32,36)/t22-,24+/m1/s1. The van der Waals surface area contributed by atoms with Gasteiger partial charge < -0.3 is 10.2 Å². The second-order valence-corrected chi connectivity index (χ2v) is 11.5. The van der Waals surface area contributed by atoms with Crippen molar-refractivity contribution in [1.82, 2.24) is 10.2 Å². The molecule has 3 aromatic rings. The van der Waals surface area contributed by atoms with Gasteiger partial charge in [-0.3, -0.25) is 13.9 Å². The maximum Gasteiger partial charge on any atom is 0.264 e. The molecular weight excluding hydrogens is 517 g/mol. The lowest BCUT2D eigenvalue weighted by Crippen LogP contribution is -2.52. The third-order valence-corrected chi connectivity index (χ3v) is 8.66. The maximum atomic E-state index is 13.9. The Morgan fingerprint density at radius 1 is 0.923 bits per heavy atom. The maximum absolute atomic E-state index is 13.9. The van der Waals surface area contributed by atoms with Gasteiger partial charge in [0.25, 0.3) is 10.0 Å². The van der Waals surface area contributed by atoms with Gasteiger partial charge in [0.15, 0.2) is 0 Å². The van der Waals surface area contributed by atoms with Gasteiger partial charge in [-0.05, 0) is 81.1 Å². The van der Waals surface area contributed by atoms with E-state index < -0.39 is 34.3 Å². The molecule has 0 aliphatic carbocycles. The van der Waals surface area contributed by atoms with Crippen molar-refractivity contribution in [3.63, 3.8) is 0 Å². The molecule has 0 bridgehead atoms. The van der Waals surface area contributed by atoms with E-state index in [-0.39, 0.29) is 23.4 Å². The van der Waals surface area contributed by atoms with E-state index in [1.165, 1.54) is 41.3 Å². The number of benzene rings is 3. The van der Waals surface area contributed by atoms with Crippen LogP contribution in [0, 0.1) is 19.7 Å². The smallest absolute Gasteiger partial charge is 0.264 e. The van der Waals surface area contributed by atoms with Crippen LogP contribution in [0.3, 0.4) is 0 Å². The van der Waals surface area contributed by atoms with E-state index in [0.29, 0.717) is 17.7 Å². The number of carbonyl (C=O) groups excluding carboxylic acids is 2. The highest BCUT2D eigenvalue weighted by Crippen LogP contribution is 2.29. The largest absolute Gasteiger partial charge is 0.352 e. The molecule has 0 radical (unpaired) electrons. The van der Waals surface area contributed by atoms with Gasteiger partial charge in [-0.1, -0.05) is 49.4 Å². The van der Waals surface area contributed by atoms with Gasteiger partial charge in [-0.25, -0.2) is 12.8 Å². The minimum Gasteiger partial charge on any atom is -0.352 e. The molecule has 2 atom stereocenters. The summed E-state index contributed by atoms with van der Waals surface area (Å²) in [6.07, 6.45) is 0.708. The Kier molecular flexibility index (Phi) is 9.86. The first kappa shape index (κ1) is 29.8. The van der Waals surface area contributed by atoms with Crippen molar-refractivity contribution in [2.75, 3.05) is 10.8 Å². The van der Waals surface area contributed by atoms with E-state index in [2.05, 4.69) is 5.32 Å². The van der Waals surface area contributed by atoms with Crippen LogP contribution in [-0.2, 0) is 26.2 Å². The third kappa shape index (κ3) is 7.23. The number of rotatable bonds is 11. The van der Waals surface area contributed by atoms with Gasteiger partial charge in [-0.2, -0.15) is 0 Å². The molecule has 39 heavy (non-hydrogen) atoms. The van der Waals surface area contributed by atoms with Gasteiger partial charge in [0, 0.05) is 12.6 Å². The van der Waals surface area contributed by atoms with Crippen LogP contribution < -0.4 is 9.62 Å². The quantitative estimate of drug-likeness (QED) is 0.363. The molecule has 3 aromatic carbocycles. The van der Waals surface area contributed by atoms with Gasteiger partial charge in [-0.15, -0.1) is 0 Å². The number of carbonyl (C=O) groups is 2. The Morgan fingerprint density at radius 3 is 2.18 bits per heavy atom. The summed E-state index contributed by atoms with van der Waals surface area (Å²) in [5.74, 6) is -1.34. The van der Waals surface area contributed by atoms with Gasteiger partial charge in [0.05, 0.1) is 10.6 Å². The molecular formula is C30H36FN3O4S. The molecule has 0 spiro atoms. The fraction of sp³-hybridized carbons (Fsp3) is 0.333. The van der Waals surface area contributed by atoms with E-state index in [1.54, 1.807) is 44.2 Å². The summed E-state index contributed by atoms with van der Waals surface area (Å²) in [5.41, 5.74) is 2.58. The van der Waals surface area contributed by atoms with Crippen LogP contribution in [0.4, 0.5) is 10.1 Å². The fourth-order valence-corrected chi connectivity index (χ4v) is 5.57. The van der Waals surface area contributed by atoms with Crippen LogP contribution in [0.15, 0.2) is 77.7 Å². The van der Waals surface area contributed by atoms with Gasteiger partial charge in [0.2, 0.25) is 11.8 Å². The molecule has 0 saturated carbocycles. The Labute approximate surface area is 230 Å². The third-order valence-electron chi connectivity index (χ3n) is 6.89. The molecule has 0 saturated heterocycles. The SMILES string of the molecule is CC[C@@H](C)NC(=O)[C@H](C)N(Cc1ccc(F)cc1)C(=O)CN(c1cccc(C)c1C)S(=O)(=O)c1ccccc1. The van der Waals surface area contributed by atoms with E-state index in [1.807, 2.05) is 26.8 Å². The summed E-state index contributed by atoms with van der Waals surface area (Å²) >= 11 is 0. The van der Waals surface area contributed by atoms with Gasteiger partial charge >= 0.3 is 0 Å². The first-order valence-corrected chi connectivity index (χ1v) is 14.4. The van der Waals surface area contributed by atoms with Crippen molar-refractivity contribution >= 4 is 27.5 Å². The lowest BCUT2D eigenvalue weighted by atomic mass is 10.1. The van der Waals surface area contributed by atoms with Gasteiger partial charge in [0.1, 0.15) is 18.4 Å². The molecule has 9 heteroatoms. The van der Waals surface area contributed by atoms with Crippen molar-refractivity contribution in [2.45, 2.75) is 64.6 Å². The number of hydrogen-bond donors (Lipinski definition) is 1. The fourth-order valence-electron chi connectivity index (χ4n) is 4.07. The minimum absolute atomic E-state index is 0.000228. The van der Waals surface area contributed by atoms with Crippen LogP contribution in [0.5, 0.6) is 0 Å². The molecule has 7 nitrogen and oxygen atoms in total. The van der Waals surface area contributed by atoms with Crippen molar-refractivity contribution in [3.8, 4) is 0 Å². The topological polar surface area (TPSA) is 86.8 Å². The number of aryl methyl sites for hydroxylation is 1. The summed E-state index contributed by atoms with van der Waals surface area (Å²) in [7, 11) is -4.13. The first-order valence-electron chi connectivity index (χ1n) is 12.9. The van der Waals surface area contributed by atoms with E-state index in [9.17, 15) is 22.4 Å². The lowest BCUT2D eigenvalue weighted by molar-refractivity contribution is -0.139. The number of nitrogens with zero attached hydrogens (tertiary/aromatic N) is 2. The number of hydrogen-bond acceptors (Lipinski definition) is 4. The zero-order valence-electron chi connectivity index (χ0n) is 23.0. The number of anilines is 1. The minimum atomic E-state index is -4.13. The molecule has 1 N–H and O–H groups in total. The Bertz CT molecular complexity index is 1400. The van der Waals surface area contributed by atoms with Crippen LogP contribution in [0.2, 0.25) is 0 Å². The second kappa shape index (κ2) is 12.9. The zero-order valence-corrected chi connectivity index (χ0v) is 23.8. The molecule has 0 aliphatic rings. The highest BCUT2D eigenvalue weighted by atomic mass is 32.2. The van der Waals surface area contributed by atoms with Crippen molar-refractivity contribution < 1.29 is 22.4 Å². The second-order valence-electron chi connectivity index (χ2n) is 9.69. The average molecular weight is 554 g/mol. The average Bonchev–Trinajstić information content (AvgIpc) is 2.92. The monoisotopic (exact) mass is 553 g/mol. The molecule has 0 aliphatic heterocycles. The number of amides is 2. The molecule has 3 rings (SSSR count). The van der Waals surface area contributed by atoms with Crippen LogP contribution in [-0.4, -0.2) is 43.8 Å². The number of halogens is 1. The Morgan fingerprint density at radius 2 is 1.56 bits per heavy atom. The predicted octanol–water partition coefficient (Wildman–Crippen LogP) is 4.97. The highest BCUT2D eigenvalue weighted by Gasteiger charge is 2.33. The van der Waals surface area contributed by atoms with Crippen LogP contribution >= 0.6 is 0 Å². The lowest BCUT2D eigenvalue weighted by Gasteiger charge is -2.33. The normalized spacial score (nSPS) is 12.9. The van der Waals surface area contributed by atoms with Crippen molar-refractivity contribution in [2.24, 2.45) is 0 Å². The summed E-state index contributed by atoms with van der Waals surface area (Å²) in [4.78, 5) is 28.4. The molecule has 0 aromatic heterocycles. The molecule has 208 valence electrons. The highest BCUT2D eigenvalue weighted by molar-refractivity contribution is 7.92. The first-order chi connectivity index (χ1) is 18.4. The predicted molar refractivity (Wildman–Crippen MR) is 151 cm³/mol. The number of sulfonamides is 1. The van der Waals surface area contributed by atoms with E-state index in [0.717, 1.165) is 15.4 Å². The Balaban J connectivity index is 2.05. The summed E-state index contributed by atoms with van der Waals surface area (Å²) < 4.78 is 42.4. The van der Waals surface area contributed by atoms with Crippen LogP contribution in [0.25, 0.3) is 0 Å². The van der Waals surface area contributed by atoms with Crippen molar-refractivity contribution in [1.29, 1.82) is 0 Å².